The molecule has 1 amide bonds. The number of carbonyl (C=O) groups is 2. The number of ether oxygens (including phenoxy) is 1. The molecule has 0 saturated carbocycles. The summed E-state index contributed by atoms with van der Waals surface area (Å²) in [7, 11) is 1.28. The average Bonchev–Trinajstić information content (AvgIpc) is 2.73. The van der Waals surface area contributed by atoms with E-state index in [9.17, 15) is 14.4 Å². The van der Waals surface area contributed by atoms with Crippen LogP contribution in [0.1, 0.15) is 24.1 Å². The molecular weight excluding hydrogens is 390 g/mol. The summed E-state index contributed by atoms with van der Waals surface area (Å²) in [4.78, 5) is 44.4. The summed E-state index contributed by atoms with van der Waals surface area (Å²) in [6.07, 6.45) is 2.97. The molecule has 1 aliphatic rings. The monoisotopic (exact) mass is 415 g/mol. The van der Waals surface area contributed by atoms with Gasteiger partial charge in [0.15, 0.2) is 5.16 Å². The number of carbonyl (C=O) groups excluding carboxylic acids is 2. The van der Waals surface area contributed by atoms with E-state index < -0.39 is 5.97 Å². The molecule has 1 N–H and O–H groups in total. The molecule has 8 heteroatoms. The number of nitrogens with one attached hydrogen (secondary N) is 1. The van der Waals surface area contributed by atoms with Gasteiger partial charge in [-0.25, -0.2) is 4.98 Å². The lowest BCUT2D eigenvalue weighted by atomic mass is 9.90. The molecular formula is C21H25N3O4S. The summed E-state index contributed by atoms with van der Waals surface area (Å²) in [5.74, 6) is 0.373. The van der Waals surface area contributed by atoms with E-state index in [0.29, 0.717) is 16.8 Å². The van der Waals surface area contributed by atoms with Crippen LogP contribution in [-0.4, -0.2) is 52.7 Å². The van der Waals surface area contributed by atoms with Gasteiger partial charge in [-0.1, -0.05) is 42.1 Å². The second-order valence-corrected chi connectivity index (χ2v) is 8.06. The Morgan fingerprint density at radius 2 is 1.97 bits per heavy atom. The Labute approximate surface area is 173 Å². The van der Waals surface area contributed by atoms with E-state index in [4.69, 9.17) is 0 Å². The van der Waals surface area contributed by atoms with Crippen molar-refractivity contribution in [3.05, 3.63) is 58.0 Å². The van der Waals surface area contributed by atoms with Crippen molar-refractivity contribution < 1.29 is 14.3 Å². The van der Waals surface area contributed by atoms with Crippen molar-refractivity contribution in [2.75, 3.05) is 26.0 Å². The number of amides is 1. The van der Waals surface area contributed by atoms with Crippen LogP contribution in [0.15, 0.2) is 46.3 Å². The molecule has 0 radical (unpaired) electrons. The molecule has 0 spiro atoms. The van der Waals surface area contributed by atoms with Crippen LogP contribution in [0.4, 0.5) is 0 Å². The molecule has 1 fully saturated rings. The van der Waals surface area contributed by atoms with E-state index in [2.05, 4.69) is 39.0 Å². The van der Waals surface area contributed by atoms with Gasteiger partial charge in [-0.15, -0.1) is 0 Å². The van der Waals surface area contributed by atoms with Crippen LogP contribution in [0.5, 0.6) is 0 Å². The molecule has 154 valence electrons. The minimum atomic E-state index is -0.464. The van der Waals surface area contributed by atoms with Crippen LogP contribution in [0.25, 0.3) is 0 Å². The average molecular weight is 416 g/mol. The van der Waals surface area contributed by atoms with Crippen LogP contribution < -0.4 is 5.56 Å². The number of thioether (sulfide) groups is 1. The van der Waals surface area contributed by atoms with Gasteiger partial charge >= 0.3 is 5.97 Å². The first-order valence-electron chi connectivity index (χ1n) is 9.65. The number of aromatic amines is 1. The number of H-pyrrole nitrogens is 1. The van der Waals surface area contributed by atoms with Crippen molar-refractivity contribution in [2.45, 2.75) is 30.8 Å². The molecule has 1 aromatic heterocycles. The fraction of sp³-hybridized carbons (Fsp3) is 0.429. The number of esters is 1. The Bertz CT molecular complexity index is 892. The van der Waals surface area contributed by atoms with E-state index in [0.717, 1.165) is 32.4 Å². The Kier molecular flexibility index (Phi) is 7.46. The molecule has 1 aliphatic heterocycles. The lowest BCUT2D eigenvalue weighted by molar-refractivity contribution is -0.139. The molecule has 1 aromatic carbocycles. The molecule has 29 heavy (non-hydrogen) atoms. The zero-order valence-corrected chi connectivity index (χ0v) is 17.2. The Morgan fingerprint density at radius 1 is 1.24 bits per heavy atom. The van der Waals surface area contributed by atoms with Gasteiger partial charge in [0.2, 0.25) is 5.91 Å². The fourth-order valence-corrected chi connectivity index (χ4v) is 4.22. The lowest BCUT2D eigenvalue weighted by Crippen LogP contribution is -2.39. The predicted octanol–water partition coefficient (Wildman–Crippen LogP) is 2.06. The van der Waals surface area contributed by atoms with Crippen molar-refractivity contribution >= 4 is 23.6 Å². The fourth-order valence-electron chi connectivity index (χ4n) is 3.42. The molecule has 1 saturated heterocycles. The van der Waals surface area contributed by atoms with Gasteiger partial charge in [-0.2, -0.15) is 0 Å². The van der Waals surface area contributed by atoms with Crippen molar-refractivity contribution in [2.24, 2.45) is 5.92 Å². The minimum Gasteiger partial charge on any atom is -0.469 e. The molecule has 2 aromatic rings. The first kappa shape index (κ1) is 21.1. The SMILES string of the molecule is COC(=O)Cc1cc(=O)[nH]c(SCC(=O)N2CCC(Cc3ccccc3)CC2)n1. The van der Waals surface area contributed by atoms with Crippen molar-refractivity contribution in [1.29, 1.82) is 0 Å². The number of hydrogen-bond donors (Lipinski definition) is 1. The van der Waals surface area contributed by atoms with Crippen molar-refractivity contribution in [1.82, 2.24) is 14.9 Å². The van der Waals surface area contributed by atoms with Crippen molar-refractivity contribution in [3.63, 3.8) is 0 Å². The van der Waals surface area contributed by atoms with Crippen LogP contribution in [0.3, 0.4) is 0 Å². The van der Waals surface area contributed by atoms with E-state index in [-0.39, 0.29) is 23.6 Å². The second-order valence-electron chi connectivity index (χ2n) is 7.10. The number of methoxy groups -OCH3 is 1. The Balaban J connectivity index is 1.48. The van der Waals surface area contributed by atoms with Crippen LogP contribution >= 0.6 is 11.8 Å². The summed E-state index contributed by atoms with van der Waals surface area (Å²) >= 11 is 1.18. The van der Waals surface area contributed by atoms with E-state index in [1.165, 1.54) is 30.5 Å². The maximum Gasteiger partial charge on any atom is 0.311 e. The minimum absolute atomic E-state index is 0.0363. The Morgan fingerprint density at radius 3 is 2.66 bits per heavy atom. The summed E-state index contributed by atoms with van der Waals surface area (Å²) in [6, 6.07) is 11.7. The van der Waals surface area contributed by atoms with Gasteiger partial charge in [0.25, 0.3) is 5.56 Å². The van der Waals surface area contributed by atoms with Gasteiger partial charge in [0.1, 0.15) is 0 Å². The zero-order chi connectivity index (χ0) is 20.6. The van der Waals surface area contributed by atoms with Crippen LogP contribution in [-0.2, 0) is 27.2 Å². The first-order valence-corrected chi connectivity index (χ1v) is 10.6. The quantitative estimate of drug-likeness (QED) is 0.423. The van der Waals surface area contributed by atoms with Gasteiger partial charge in [-0.05, 0) is 30.7 Å². The number of benzene rings is 1. The summed E-state index contributed by atoms with van der Waals surface area (Å²) < 4.78 is 4.60. The number of aromatic nitrogens is 2. The van der Waals surface area contributed by atoms with Gasteiger partial charge in [0, 0.05) is 19.2 Å². The molecule has 7 nitrogen and oxygen atoms in total. The molecule has 0 atom stereocenters. The molecule has 3 rings (SSSR count). The number of hydrogen-bond acceptors (Lipinski definition) is 6. The van der Waals surface area contributed by atoms with Gasteiger partial charge < -0.3 is 14.6 Å². The normalized spacial score (nSPS) is 14.6. The summed E-state index contributed by atoms with van der Waals surface area (Å²) in [5.41, 5.74) is 1.32. The molecule has 0 unspecified atom stereocenters. The number of piperidine rings is 1. The van der Waals surface area contributed by atoms with E-state index in [1.54, 1.807) is 0 Å². The zero-order valence-electron chi connectivity index (χ0n) is 16.4. The van der Waals surface area contributed by atoms with Gasteiger partial charge in [-0.3, -0.25) is 14.4 Å². The third kappa shape index (κ3) is 6.45. The first-order chi connectivity index (χ1) is 14.0. The Hall–Kier alpha value is -2.61. The van der Waals surface area contributed by atoms with Crippen LogP contribution in [0, 0.1) is 5.92 Å². The third-order valence-corrected chi connectivity index (χ3v) is 5.85. The maximum absolute atomic E-state index is 12.5. The number of rotatable bonds is 7. The van der Waals surface area contributed by atoms with Crippen molar-refractivity contribution in [3.8, 4) is 0 Å². The molecule has 2 heterocycles. The molecule has 0 aliphatic carbocycles. The predicted molar refractivity (Wildman–Crippen MR) is 111 cm³/mol. The highest BCUT2D eigenvalue weighted by Gasteiger charge is 2.23. The topological polar surface area (TPSA) is 92.4 Å². The molecule has 0 bridgehead atoms. The van der Waals surface area contributed by atoms with Gasteiger partial charge in [0.05, 0.1) is 25.0 Å². The summed E-state index contributed by atoms with van der Waals surface area (Å²) in [5, 5.41) is 0.337. The largest absolute Gasteiger partial charge is 0.469 e. The smallest absolute Gasteiger partial charge is 0.311 e. The summed E-state index contributed by atoms with van der Waals surface area (Å²) in [6.45, 7) is 1.51. The maximum atomic E-state index is 12.5. The second kappa shape index (κ2) is 10.2. The van der Waals surface area contributed by atoms with E-state index >= 15 is 0 Å². The number of likely N-dealkylation sites (tertiary alicyclic amines) is 1. The lowest BCUT2D eigenvalue weighted by Gasteiger charge is -2.32. The highest BCUT2D eigenvalue weighted by molar-refractivity contribution is 7.99. The highest BCUT2D eigenvalue weighted by Crippen LogP contribution is 2.22. The van der Waals surface area contributed by atoms with Crippen LogP contribution in [0.2, 0.25) is 0 Å². The van der Waals surface area contributed by atoms with E-state index in [1.807, 2.05) is 11.0 Å². The third-order valence-electron chi connectivity index (χ3n) is 4.99. The number of nitrogens with zero attached hydrogens (tertiary/aromatic N) is 2. The standard InChI is InChI=1S/C21H25N3O4S/c1-28-20(27)13-17-12-18(25)23-21(22-17)29-14-19(26)24-9-7-16(8-10-24)11-15-5-3-2-4-6-15/h2-6,12,16H,7-11,13-14H2,1H3,(H,22,23,25). The highest BCUT2D eigenvalue weighted by atomic mass is 32.2.